The van der Waals surface area contributed by atoms with Crippen molar-refractivity contribution in [3.8, 4) is 10.4 Å². The molecule has 2 saturated heterocycles. The summed E-state index contributed by atoms with van der Waals surface area (Å²) < 4.78 is 39.0. The fourth-order valence-corrected chi connectivity index (χ4v) is 7.88. The summed E-state index contributed by atoms with van der Waals surface area (Å²) in [4.78, 5) is 61.2. The van der Waals surface area contributed by atoms with Crippen LogP contribution >= 0.6 is 11.3 Å². The normalized spacial score (nSPS) is 18.3. The molecule has 2 aromatic rings. The highest BCUT2D eigenvalue weighted by Gasteiger charge is 2.44. The van der Waals surface area contributed by atoms with Crippen LogP contribution in [0.15, 0.2) is 29.8 Å². The summed E-state index contributed by atoms with van der Waals surface area (Å²) in [6.45, 7) is 19.6. The number of carbonyl (C=O) groups is 4. The monoisotopic (exact) mass is 905 g/mol. The molecule has 4 amide bonds. The van der Waals surface area contributed by atoms with Crippen LogP contribution in [-0.4, -0.2) is 166 Å². The maximum absolute atomic E-state index is 14.0. The molecular formula is C45H71N5O12S. The van der Waals surface area contributed by atoms with Gasteiger partial charge >= 0.3 is 6.09 Å². The molecule has 4 rings (SSSR count). The summed E-state index contributed by atoms with van der Waals surface area (Å²) in [5.41, 5.74) is 3.52. The number of benzene rings is 1. The van der Waals surface area contributed by atoms with Crippen molar-refractivity contribution in [1.82, 2.24) is 25.4 Å². The SMILES string of the molecule is Cc1ncsc1-c1ccc(C(C)NC(=O)[C@@H]2C[C@@H](O)CN2C(=O)C(NC(=O)COCCOCCOCCOCCOCCOC2CCN(C(=O)OC(C)(C)C)CC2)C(C)(C)C)cc1. The van der Waals surface area contributed by atoms with E-state index in [-0.39, 0.29) is 56.9 Å². The standard InChI is InChI=1S/C45H71N5O12S/c1-31(33-9-11-34(12-10-33)39-32(2)46-30-63-39)47-41(53)37-27-35(51)28-50(37)42(54)40(44(3,4)5)48-38(52)29-60-24-23-58-20-19-56-17-18-57-21-22-59-25-26-61-36-13-15-49(16-14-36)43(55)62-45(6,7)8/h9-12,30-31,35-37,40,51H,13-29H2,1-8H3,(H,47,53)(H,48,52)/t31?,35-,37+,40?/m1/s1. The Morgan fingerprint density at radius 2 is 1.38 bits per heavy atom. The number of likely N-dealkylation sites (tertiary alicyclic amines) is 2. The van der Waals surface area contributed by atoms with Crippen LogP contribution in [0.1, 0.15) is 85.0 Å². The van der Waals surface area contributed by atoms with E-state index >= 15 is 0 Å². The van der Waals surface area contributed by atoms with Gasteiger partial charge in [0.05, 0.1) is 100 Å². The zero-order valence-electron chi connectivity index (χ0n) is 38.5. The minimum atomic E-state index is -0.965. The third-order valence-corrected chi connectivity index (χ3v) is 11.4. The second-order valence-electron chi connectivity index (χ2n) is 17.9. The molecule has 0 bridgehead atoms. The number of rotatable bonds is 24. The number of aromatic nitrogens is 1. The van der Waals surface area contributed by atoms with Crippen LogP contribution in [0.3, 0.4) is 0 Å². The van der Waals surface area contributed by atoms with E-state index in [1.807, 2.05) is 85.2 Å². The fourth-order valence-electron chi connectivity index (χ4n) is 7.07. The van der Waals surface area contributed by atoms with Crippen LogP contribution in [0.5, 0.6) is 0 Å². The molecule has 2 aliphatic heterocycles. The molecule has 63 heavy (non-hydrogen) atoms. The molecular weight excluding hydrogens is 835 g/mol. The number of aliphatic hydroxyl groups is 1. The van der Waals surface area contributed by atoms with E-state index in [2.05, 4.69) is 15.6 Å². The molecule has 0 aliphatic carbocycles. The number of nitrogens with one attached hydrogen (secondary N) is 2. The first-order valence-corrected chi connectivity index (χ1v) is 22.9. The van der Waals surface area contributed by atoms with Gasteiger partial charge in [-0.05, 0) is 64.0 Å². The number of hydrogen-bond donors (Lipinski definition) is 3. The van der Waals surface area contributed by atoms with E-state index in [1.54, 1.807) is 16.2 Å². The fraction of sp³-hybridized carbons (Fsp3) is 0.711. The third kappa shape index (κ3) is 18.0. The van der Waals surface area contributed by atoms with Crippen molar-refractivity contribution in [3.05, 3.63) is 41.0 Å². The maximum Gasteiger partial charge on any atom is 0.410 e. The first-order chi connectivity index (χ1) is 29.9. The summed E-state index contributed by atoms with van der Waals surface area (Å²) >= 11 is 1.57. The first-order valence-electron chi connectivity index (χ1n) is 22.0. The molecule has 3 heterocycles. The van der Waals surface area contributed by atoms with Crippen molar-refractivity contribution in [2.45, 2.75) is 111 Å². The Balaban J connectivity index is 1.02. The number of nitrogens with zero attached hydrogens (tertiary/aromatic N) is 3. The van der Waals surface area contributed by atoms with Gasteiger partial charge in [-0.1, -0.05) is 45.0 Å². The molecule has 1 aromatic heterocycles. The predicted octanol–water partition coefficient (Wildman–Crippen LogP) is 4.29. The number of piperidine rings is 1. The number of aryl methyl sites for hydroxylation is 1. The van der Waals surface area contributed by atoms with E-state index in [0.29, 0.717) is 65.9 Å². The first kappa shape index (κ1) is 51.9. The number of β-amino-alcohol motifs (C(OH)–C–C–N with tert-alkyl or cyclic N) is 1. The van der Waals surface area contributed by atoms with E-state index < -0.39 is 41.0 Å². The zero-order chi connectivity index (χ0) is 46.0. The highest BCUT2D eigenvalue weighted by molar-refractivity contribution is 7.13. The molecule has 0 radical (unpaired) electrons. The molecule has 354 valence electrons. The van der Waals surface area contributed by atoms with Crippen LogP contribution in [0.4, 0.5) is 4.79 Å². The molecule has 4 atom stereocenters. The van der Waals surface area contributed by atoms with Crippen molar-refractivity contribution in [3.63, 3.8) is 0 Å². The average molecular weight is 906 g/mol. The van der Waals surface area contributed by atoms with Gasteiger partial charge in [-0.25, -0.2) is 9.78 Å². The van der Waals surface area contributed by atoms with E-state index in [9.17, 15) is 24.3 Å². The summed E-state index contributed by atoms with van der Waals surface area (Å²) in [7, 11) is 0. The van der Waals surface area contributed by atoms with Crippen molar-refractivity contribution in [2.24, 2.45) is 5.41 Å². The third-order valence-electron chi connectivity index (χ3n) is 10.5. The second-order valence-corrected chi connectivity index (χ2v) is 18.8. The Kier molecular flexibility index (Phi) is 21.1. The molecule has 17 nitrogen and oxygen atoms in total. The van der Waals surface area contributed by atoms with Crippen molar-refractivity contribution in [1.29, 1.82) is 0 Å². The lowest BCUT2D eigenvalue weighted by Crippen LogP contribution is -2.58. The van der Waals surface area contributed by atoms with Crippen LogP contribution in [0.25, 0.3) is 10.4 Å². The molecule has 0 saturated carbocycles. The van der Waals surface area contributed by atoms with E-state index in [0.717, 1.165) is 34.5 Å². The summed E-state index contributed by atoms with van der Waals surface area (Å²) in [6, 6.07) is 5.71. The van der Waals surface area contributed by atoms with Crippen molar-refractivity contribution >= 4 is 35.2 Å². The number of thiazole rings is 1. The van der Waals surface area contributed by atoms with Crippen LogP contribution < -0.4 is 10.6 Å². The lowest BCUT2D eigenvalue weighted by atomic mass is 9.85. The smallest absolute Gasteiger partial charge is 0.410 e. The van der Waals surface area contributed by atoms with Crippen molar-refractivity contribution < 1.29 is 57.4 Å². The highest BCUT2D eigenvalue weighted by atomic mass is 32.1. The van der Waals surface area contributed by atoms with Gasteiger partial charge in [-0.3, -0.25) is 14.4 Å². The highest BCUT2D eigenvalue weighted by Crippen LogP contribution is 2.30. The van der Waals surface area contributed by atoms with Gasteiger partial charge in [-0.2, -0.15) is 0 Å². The number of carbonyl (C=O) groups excluding carboxylic acids is 4. The molecule has 2 fully saturated rings. The topological polar surface area (TPSA) is 197 Å². The molecule has 0 spiro atoms. The van der Waals surface area contributed by atoms with Gasteiger partial charge in [0, 0.05) is 26.1 Å². The Labute approximate surface area is 376 Å². The number of aliphatic hydroxyl groups excluding tert-OH is 1. The minimum absolute atomic E-state index is 0.0184. The van der Waals surface area contributed by atoms with Gasteiger partial charge in [-0.15, -0.1) is 11.3 Å². The Morgan fingerprint density at radius 3 is 1.90 bits per heavy atom. The Hall–Kier alpha value is -3.75. The lowest BCUT2D eigenvalue weighted by molar-refractivity contribution is -0.144. The summed E-state index contributed by atoms with van der Waals surface area (Å²) in [5, 5.41) is 16.4. The zero-order valence-corrected chi connectivity index (χ0v) is 39.3. The Morgan fingerprint density at radius 1 is 0.825 bits per heavy atom. The van der Waals surface area contributed by atoms with Crippen molar-refractivity contribution in [2.75, 3.05) is 92.3 Å². The predicted molar refractivity (Wildman–Crippen MR) is 237 cm³/mol. The molecule has 18 heteroatoms. The summed E-state index contributed by atoms with van der Waals surface area (Å²) in [6.07, 6.45) is 0.594. The van der Waals surface area contributed by atoms with Crippen LogP contribution in [-0.2, 0) is 47.5 Å². The van der Waals surface area contributed by atoms with E-state index in [4.69, 9.17) is 33.2 Å². The van der Waals surface area contributed by atoms with Gasteiger partial charge < -0.3 is 58.7 Å². The molecule has 1 aromatic carbocycles. The molecule has 2 aliphatic rings. The molecule has 2 unspecified atom stereocenters. The number of amides is 4. The maximum atomic E-state index is 14.0. The number of ether oxygens (including phenoxy) is 7. The largest absolute Gasteiger partial charge is 0.444 e. The van der Waals surface area contributed by atoms with Crippen LogP contribution in [0, 0.1) is 12.3 Å². The Bertz CT molecular complexity index is 1710. The van der Waals surface area contributed by atoms with E-state index in [1.165, 1.54) is 4.90 Å². The molecule has 3 N–H and O–H groups in total. The van der Waals surface area contributed by atoms with Gasteiger partial charge in [0.1, 0.15) is 24.3 Å². The number of hydrogen-bond acceptors (Lipinski definition) is 14. The average Bonchev–Trinajstić information content (AvgIpc) is 3.85. The second kappa shape index (κ2) is 25.7. The lowest BCUT2D eigenvalue weighted by Gasteiger charge is -2.35. The summed E-state index contributed by atoms with van der Waals surface area (Å²) in [5.74, 6) is -1.30. The van der Waals surface area contributed by atoms with Crippen LogP contribution in [0.2, 0.25) is 0 Å². The van der Waals surface area contributed by atoms with Gasteiger partial charge in [0.2, 0.25) is 17.7 Å². The van der Waals surface area contributed by atoms with Gasteiger partial charge in [0.15, 0.2) is 0 Å². The minimum Gasteiger partial charge on any atom is -0.444 e. The van der Waals surface area contributed by atoms with Gasteiger partial charge in [0.25, 0.3) is 0 Å². The quantitative estimate of drug-likeness (QED) is 0.126.